The second-order valence-electron chi connectivity index (χ2n) is 9.74. The fraction of sp³-hybridized carbons (Fsp3) is 0.121. The molecule has 1 N–H and O–H groups in total. The van der Waals surface area contributed by atoms with Gasteiger partial charge in [-0.05, 0) is 72.0 Å². The fourth-order valence-corrected chi connectivity index (χ4v) is 6.73. The molecule has 7 heteroatoms. The molecule has 0 aliphatic carbocycles. The van der Waals surface area contributed by atoms with E-state index in [1.807, 2.05) is 56.3 Å². The number of carboxylic acid groups (broad SMARTS) is 1. The van der Waals surface area contributed by atoms with Gasteiger partial charge in [0.2, 0.25) is 9.84 Å². The number of hydrogen-bond acceptors (Lipinski definition) is 3. The van der Waals surface area contributed by atoms with Crippen LogP contribution in [0.5, 0.6) is 0 Å². The number of sulfone groups is 1. The van der Waals surface area contributed by atoms with Crippen molar-refractivity contribution in [3.05, 3.63) is 131 Å². The average Bonchev–Trinajstić information content (AvgIpc) is 3.21. The van der Waals surface area contributed by atoms with E-state index in [9.17, 15) is 22.7 Å². The molecule has 5 aromatic rings. The van der Waals surface area contributed by atoms with Gasteiger partial charge in [0.25, 0.3) is 0 Å². The molecule has 0 radical (unpaired) electrons. The number of carboxylic acids is 1. The summed E-state index contributed by atoms with van der Waals surface area (Å²) in [6.07, 6.45) is 0.229. The first-order chi connectivity index (χ1) is 19.2. The number of halogens is 1. The highest BCUT2D eigenvalue weighted by molar-refractivity contribution is 7.91. The SMILES string of the molecule is Cc1ccc(Cc2c(-c3ccc(F)cc3)c(-c3ccccc3)n(CC(=O)O)c2C)c(S(=O)(=O)c2ccccc2)c1. The van der Waals surface area contributed by atoms with Crippen LogP contribution in [-0.2, 0) is 27.6 Å². The van der Waals surface area contributed by atoms with Gasteiger partial charge in [-0.3, -0.25) is 4.79 Å². The maximum absolute atomic E-state index is 14.0. The van der Waals surface area contributed by atoms with Crippen LogP contribution >= 0.6 is 0 Å². The zero-order valence-corrected chi connectivity index (χ0v) is 23.0. The molecule has 0 aliphatic rings. The number of aliphatic carboxylic acids is 1. The van der Waals surface area contributed by atoms with E-state index in [-0.39, 0.29) is 28.6 Å². The molecule has 5 nitrogen and oxygen atoms in total. The van der Waals surface area contributed by atoms with Crippen molar-refractivity contribution in [1.29, 1.82) is 0 Å². The number of nitrogens with zero attached hydrogens (tertiary/aromatic N) is 1. The Morgan fingerprint density at radius 3 is 2.08 bits per heavy atom. The Morgan fingerprint density at radius 2 is 1.45 bits per heavy atom. The lowest BCUT2D eigenvalue weighted by Gasteiger charge is -2.14. The molecule has 4 aromatic carbocycles. The smallest absolute Gasteiger partial charge is 0.323 e. The molecule has 0 spiro atoms. The first-order valence-electron chi connectivity index (χ1n) is 12.8. The fourth-order valence-electron chi connectivity index (χ4n) is 5.14. The predicted molar refractivity (Wildman–Crippen MR) is 154 cm³/mol. The van der Waals surface area contributed by atoms with Gasteiger partial charge in [0.1, 0.15) is 12.4 Å². The van der Waals surface area contributed by atoms with Gasteiger partial charge in [-0.15, -0.1) is 0 Å². The standard InChI is InChI=1S/C33H28FNO4S/c1-22-13-14-26(30(19-22)40(38,39)28-11-7-4-8-12-28)20-29-23(2)35(21-31(36)37)33(25-9-5-3-6-10-25)32(29)24-15-17-27(34)18-16-24/h3-19H,20-21H2,1-2H3,(H,36,37). The van der Waals surface area contributed by atoms with Crippen LogP contribution in [-0.4, -0.2) is 24.1 Å². The summed E-state index contributed by atoms with van der Waals surface area (Å²) in [5, 5.41) is 9.82. The number of rotatable bonds is 8. The van der Waals surface area contributed by atoms with Crippen molar-refractivity contribution in [2.75, 3.05) is 0 Å². The van der Waals surface area contributed by atoms with E-state index in [2.05, 4.69) is 0 Å². The summed E-state index contributed by atoms with van der Waals surface area (Å²) in [6.45, 7) is 3.41. The molecule has 0 bridgehead atoms. The van der Waals surface area contributed by atoms with Crippen LogP contribution in [0.15, 0.2) is 113 Å². The van der Waals surface area contributed by atoms with E-state index >= 15 is 0 Å². The molecule has 0 saturated carbocycles. The van der Waals surface area contributed by atoms with E-state index in [1.165, 1.54) is 12.1 Å². The first-order valence-corrected chi connectivity index (χ1v) is 14.3. The number of aromatic nitrogens is 1. The van der Waals surface area contributed by atoms with Crippen LogP contribution in [0.4, 0.5) is 4.39 Å². The Hall–Kier alpha value is -4.49. The molecule has 0 aliphatic heterocycles. The van der Waals surface area contributed by atoms with Crippen LogP contribution in [0.1, 0.15) is 22.4 Å². The van der Waals surface area contributed by atoms with Crippen LogP contribution in [0.2, 0.25) is 0 Å². The van der Waals surface area contributed by atoms with E-state index in [4.69, 9.17) is 0 Å². The van der Waals surface area contributed by atoms with Crippen molar-refractivity contribution in [3.63, 3.8) is 0 Å². The van der Waals surface area contributed by atoms with Gasteiger partial charge in [0.15, 0.2) is 0 Å². The Labute approximate surface area is 233 Å². The highest BCUT2D eigenvalue weighted by atomic mass is 32.2. The summed E-state index contributed by atoms with van der Waals surface area (Å²) in [4.78, 5) is 12.4. The summed E-state index contributed by atoms with van der Waals surface area (Å²) < 4.78 is 43.3. The van der Waals surface area contributed by atoms with Crippen molar-refractivity contribution in [2.24, 2.45) is 0 Å². The minimum atomic E-state index is -3.83. The van der Waals surface area contributed by atoms with E-state index < -0.39 is 15.8 Å². The number of benzene rings is 4. The first kappa shape index (κ1) is 27.1. The third-order valence-electron chi connectivity index (χ3n) is 7.06. The molecule has 0 saturated heterocycles. The zero-order valence-electron chi connectivity index (χ0n) is 22.1. The van der Waals surface area contributed by atoms with Crippen molar-refractivity contribution in [1.82, 2.24) is 4.57 Å². The molecule has 0 atom stereocenters. The van der Waals surface area contributed by atoms with E-state index in [0.29, 0.717) is 22.5 Å². The van der Waals surface area contributed by atoms with E-state index in [0.717, 1.165) is 22.3 Å². The Morgan fingerprint density at radius 1 is 0.825 bits per heavy atom. The third kappa shape index (κ3) is 5.20. The van der Waals surface area contributed by atoms with Gasteiger partial charge in [-0.2, -0.15) is 0 Å². The van der Waals surface area contributed by atoms with Crippen LogP contribution in [0.25, 0.3) is 22.4 Å². The summed E-state index contributed by atoms with van der Waals surface area (Å²) in [5.74, 6) is -1.39. The Balaban J connectivity index is 1.78. The van der Waals surface area contributed by atoms with Crippen LogP contribution in [0, 0.1) is 19.7 Å². The molecule has 0 amide bonds. The van der Waals surface area contributed by atoms with Gasteiger partial charge < -0.3 is 9.67 Å². The molecule has 0 unspecified atom stereocenters. The minimum Gasteiger partial charge on any atom is -0.480 e. The van der Waals surface area contributed by atoms with Gasteiger partial charge in [-0.25, -0.2) is 12.8 Å². The van der Waals surface area contributed by atoms with Crippen molar-refractivity contribution in [2.45, 2.75) is 36.6 Å². The third-order valence-corrected chi connectivity index (χ3v) is 8.91. The monoisotopic (exact) mass is 553 g/mol. The lowest BCUT2D eigenvalue weighted by atomic mass is 9.93. The average molecular weight is 554 g/mol. The van der Waals surface area contributed by atoms with Crippen LogP contribution < -0.4 is 0 Å². The normalized spacial score (nSPS) is 11.5. The molecule has 5 rings (SSSR count). The number of carbonyl (C=O) groups is 1. The lowest BCUT2D eigenvalue weighted by molar-refractivity contribution is -0.137. The lowest BCUT2D eigenvalue weighted by Crippen LogP contribution is -2.12. The topological polar surface area (TPSA) is 76.4 Å². The maximum Gasteiger partial charge on any atom is 0.323 e. The van der Waals surface area contributed by atoms with Gasteiger partial charge >= 0.3 is 5.97 Å². The molecule has 40 heavy (non-hydrogen) atoms. The number of hydrogen-bond donors (Lipinski definition) is 1. The van der Waals surface area contributed by atoms with Gasteiger partial charge in [-0.1, -0.05) is 72.8 Å². The number of aryl methyl sites for hydroxylation is 1. The molecular formula is C33H28FNO4S. The molecule has 1 heterocycles. The largest absolute Gasteiger partial charge is 0.480 e. The van der Waals surface area contributed by atoms with Crippen LogP contribution in [0.3, 0.4) is 0 Å². The van der Waals surface area contributed by atoms with Crippen molar-refractivity contribution < 1.29 is 22.7 Å². The van der Waals surface area contributed by atoms with Gasteiger partial charge in [0.05, 0.1) is 15.5 Å². The second kappa shape index (κ2) is 10.9. The zero-order chi connectivity index (χ0) is 28.4. The van der Waals surface area contributed by atoms with Gasteiger partial charge in [0, 0.05) is 17.7 Å². The quantitative estimate of drug-likeness (QED) is 0.223. The van der Waals surface area contributed by atoms with Crippen molar-refractivity contribution >= 4 is 15.8 Å². The highest BCUT2D eigenvalue weighted by Crippen LogP contribution is 2.41. The summed E-state index contributed by atoms with van der Waals surface area (Å²) in [6, 6.07) is 29.2. The predicted octanol–water partition coefficient (Wildman–Crippen LogP) is 7.09. The molecule has 202 valence electrons. The second-order valence-corrected chi connectivity index (χ2v) is 11.7. The molecule has 1 aromatic heterocycles. The maximum atomic E-state index is 14.0. The summed E-state index contributed by atoms with van der Waals surface area (Å²) in [5.41, 5.74) is 5.82. The summed E-state index contributed by atoms with van der Waals surface area (Å²) >= 11 is 0. The molecule has 0 fully saturated rings. The van der Waals surface area contributed by atoms with E-state index in [1.54, 1.807) is 53.1 Å². The van der Waals surface area contributed by atoms with Crippen molar-refractivity contribution in [3.8, 4) is 22.4 Å². The minimum absolute atomic E-state index is 0.200. The highest BCUT2D eigenvalue weighted by Gasteiger charge is 2.27. The Bertz CT molecular complexity index is 1790. The summed E-state index contributed by atoms with van der Waals surface area (Å²) in [7, 11) is -3.83. The molecular weight excluding hydrogens is 525 g/mol. The Kier molecular flexibility index (Phi) is 7.41.